The van der Waals surface area contributed by atoms with E-state index in [0.717, 1.165) is 11.6 Å². The Morgan fingerprint density at radius 3 is 2.71 bits per heavy atom. The maximum Gasteiger partial charge on any atom is 0.328 e. The number of carboxylic acids is 1. The lowest BCUT2D eigenvalue weighted by Crippen LogP contribution is -2.13. The minimum Gasteiger partial charge on any atom is -0.478 e. The quantitative estimate of drug-likeness (QED) is 0.842. The highest BCUT2D eigenvalue weighted by molar-refractivity contribution is 6.03. The molecule has 2 rings (SSSR count). The number of aryl methyl sites for hydroxylation is 2. The molecular weight excluding hydrogens is 270 g/mol. The first-order chi connectivity index (χ1) is 9.94. The van der Waals surface area contributed by atoms with Crippen molar-refractivity contribution >= 4 is 23.6 Å². The molecule has 0 aliphatic carbocycles. The van der Waals surface area contributed by atoms with Gasteiger partial charge in [-0.15, -0.1) is 0 Å². The average Bonchev–Trinajstić information content (AvgIpc) is 2.82. The van der Waals surface area contributed by atoms with Crippen molar-refractivity contribution in [1.82, 2.24) is 9.78 Å². The number of hydrogen-bond acceptors (Lipinski definition) is 3. The molecule has 21 heavy (non-hydrogen) atoms. The highest BCUT2D eigenvalue weighted by atomic mass is 16.4. The summed E-state index contributed by atoms with van der Waals surface area (Å²) in [6, 6.07) is 6.96. The molecule has 1 heterocycles. The van der Waals surface area contributed by atoms with E-state index in [0.29, 0.717) is 16.9 Å². The molecule has 1 aromatic heterocycles. The number of carboxylic acid groups (broad SMARTS) is 1. The van der Waals surface area contributed by atoms with Gasteiger partial charge in [-0.1, -0.05) is 6.07 Å². The molecule has 0 bridgehead atoms. The van der Waals surface area contributed by atoms with E-state index in [-0.39, 0.29) is 5.91 Å². The molecule has 6 nitrogen and oxygen atoms in total. The van der Waals surface area contributed by atoms with Crippen LogP contribution in [0.2, 0.25) is 0 Å². The van der Waals surface area contributed by atoms with Crippen LogP contribution < -0.4 is 5.32 Å². The van der Waals surface area contributed by atoms with Crippen molar-refractivity contribution in [2.75, 3.05) is 5.32 Å². The SMILES string of the molecule is Cc1cc(/C=C/C(=O)O)cc(NC(=O)c2ccn(C)n2)c1. The Hall–Kier alpha value is -2.89. The number of carbonyl (C=O) groups excluding carboxylic acids is 1. The Bertz CT molecular complexity index is 717. The minimum absolute atomic E-state index is 0.311. The maximum absolute atomic E-state index is 12.0. The molecule has 0 saturated carbocycles. The van der Waals surface area contributed by atoms with Gasteiger partial charge in [0.25, 0.3) is 5.91 Å². The summed E-state index contributed by atoms with van der Waals surface area (Å²) in [6.07, 6.45) is 4.22. The second-order valence-electron chi connectivity index (χ2n) is 4.63. The van der Waals surface area contributed by atoms with Crippen molar-refractivity contribution < 1.29 is 14.7 Å². The zero-order valence-corrected chi connectivity index (χ0v) is 11.7. The number of nitrogens with zero attached hydrogens (tertiary/aromatic N) is 2. The van der Waals surface area contributed by atoms with Crippen LogP contribution in [0.15, 0.2) is 36.5 Å². The number of benzene rings is 1. The lowest BCUT2D eigenvalue weighted by molar-refractivity contribution is -0.131. The summed E-state index contributed by atoms with van der Waals surface area (Å²) >= 11 is 0. The third-order valence-corrected chi connectivity index (χ3v) is 2.72. The van der Waals surface area contributed by atoms with Crippen molar-refractivity contribution in [3.8, 4) is 0 Å². The number of anilines is 1. The van der Waals surface area contributed by atoms with Gasteiger partial charge in [-0.25, -0.2) is 4.79 Å². The predicted molar refractivity (Wildman–Crippen MR) is 79.0 cm³/mol. The Morgan fingerprint density at radius 1 is 1.33 bits per heavy atom. The molecule has 0 aliphatic rings. The van der Waals surface area contributed by atoms with Gasteiger partial charge in [0.1, 0.15) is 0 Å². The van der Waals surface area contributed by atoms with Crippen LogP contribution in [-0.2, 0) is 11.8 Å². The summed E-state index contributed by atoms with van der Waals surface area (Å²) in [5, 5.41) is 15.4. The molecule has 1 amide bonds. The van der Waals surface area contributed by atoms with E-state index < -0.39 is 5.97 Å². The topological polar surface area (TPSA) is 84.2 Å². The summed E-state index contributed by atoms with van der Waals surface area (Å²) in [6.45, 7) is 1.87. The summed E-state index contributed by atoms with van der Waals surface area (Å²) in [5.74, 6) is -1.33. The van der Waals surface area contributed by atoms with Crippen LogP contribution in [0.25, 0.3) is 6.08 Å². The van der Waals surface area contributed by atoms with Crippen molar-refractivity contribution in [3.05, 3.63) is 53.4 Å². The van der Waals surface area contributed by atoms with E-state index in [1.807, 2.05) is 13.0 Å². The van der Waals surface area contributed by atoms with E-state index >= 15 is 0 Å². The fraction of sp³-hybridized carbons (Fsp3) is 0.133. The normalized spacial score (nSPS) is 10.8. The molecule has 0 radical (unpaired) electrons. The van der Waals surface area contributed by atoms with E-state index in [2.05, 4.69) is 10.4 Å². The second kappa shape index (κ2) is 6.04. The Labute approximate surface area is 121 Å². The lowest BCUT2D eigenvalue weighted by atomic mass is 10.1. The van der Waals surface area contributed by atoms with Crippen molar-refractivity contribution in [3.63, 3.8) is 0 Å². The third-order valence-electron chi connectivity index (χ3n) is 2.72. The Kier molecular flexibility index (Phi) is 4.18. The molecule has 108 valence electrons. The smallest absolute Gasteiger partial charge is 0.328 e. The van der Waals surface area contributed by atoms with Gasteiger partial charge in [-0.05, 0) is 42.3 Å². The molecule has 2 aromatic rings. The van der Waals surface area contributed by atoms with Crippen LogP contribution in [0, 0.1) is 6.92 Å². The number of aromatic nitrogens is 2. The average molecular weight is 285 g/mol. The first-order valence-corrected chi connectivity index (χ1v) is 6.28. The van der Waals surface area contributed by atoms with Crippen molar-refractivity contribution in [1.29, 1.82) is 0 Å². The van der Waals surface area contributed by atoms with Crippen LogP contribution >= 0.6 is 0 Å². The molecule has 2 N–H and O–H groups in total. The van der Waals surface area contributed by atoms with Crippen LogP contribution in [0.4, 0.5) is 5.69 Å². The fourth-order valence-corrected chi connectivity index (χ4v) is 1.88. The molecule has 6 heteroatoms. The molecule has 0 fully saturated rings. The number of amides is 1. The standard InChI is InChI=1S/C15H15N3O3/c1-10-7-11(3-4-14(19)20)9-12(8-10)16-15(21)13-5-6-18(2)17-13/h3-9H,1-2H3,(H,16,21)(H,19,20)/b4-3+. The fourth-order valence-electron chi connectivity index (χ4n) is 1.88. The maximum atomic E-state index is 12.0. The Balaban J connectivity index is 2.20. The zero-order chi connectivity index (χ0) is 15.4. The molecule has 1 aromatic carbocycles. The summed E-state index contributed by atoms with van der Waals surface area (Å²) < 4.78 is 1.55. The number of rotatable bonds is 4. The van der Waals surface area contributed by atoms with Crippen LogP contribution in [0.5, 0.6) is 0 Å². The van der Waals surface area contributed by atoms with Crippen LogP contribution in [-0.4, -0.2) is 26.8 Å². The molecule has 0 aliphatic heterocycles. The monoisotopic (exact) mass is 285 g/mol. The van der Waals surface area contributed by atoms with Crippen LogP contribution in [0.3, 0.4) is 0 Å². The van der Waals surface area contributed by atoms with Crippen molar-refractivity contribution in [2.24, 2.45) is 7.05 Å². The first-order valence-electron chi connectivity index (χ1n) is 6.28. The molecular formula is C15H15N3O3. The van der Waals surface area contributed by atoms with Gasteiger partial charge in [-0.2, -0.15) is 5.10 Å². The highest BCUT2D eigenvalue weighted by Gasteiger charge is 2.09. The van der Waals surface area contributed by atoms with Gasteiger partial charge in [0, 0.05) is 25.0 Å². The van der Waals surface area contributed by atoms with Crippen LogP contribution in [0.1, 0.15) is 21.6 Å². The van der Waals surface area contributed by atoms with E-state index in [1.54, 1.807) is 36.1 Å². The molecule has 0 saturated heterocycles. The Morgan fingerprint density at radius 2 is 2.10 bits per heavy atom. The van der Waals surface area contributed by atoms with Gasteiger partial charge in [-0.3, -0.25) is 9.48 Å². The second-order valence-corrected chi connectivity index (χ2v) is 4.63. The molecule has 0 atom stereocenters. The molecule has 0 unspecified atom stereocenters. The largest absolute Gasteiger partial charge is 0.478 e. The van der Waals surface area contributed by atoms with Gasteiger partial charge in [0.2, 0.25) is 0 Å². The first kappa shape index (κ1) is 14.5. The van der Waals surface area contributed by atoms with Gasteiger partial charge in [0.15, 0.2) is 5.69 Å². The summed E-state index contributed by atoms with van der Waals surface area (Å²) in [5.41, 5.74) is 2.53. The van der Waals surface area contributed by atoms with Gasteiger partial charge >= 0.3 is 5.97 Å². The van der Waals surface area contributed by atoms with E-state index in [1.165, 1.54) is 6.08 Å². The lowest BCUT2D eigenvalue weighted by Gasteiger charge is -2.06. The third kappa shape index (κ3) is 4.04. The van der Waals surface area contributed by atoms with Crippen molar-refractivity contribution in [2.45, 2.75) is 6.92 Å². The number of hydrogen-bond donors (Lipinski definition) is 2. The number of nitrogens with one attached hydrogen (secondary N) is 1. The van der Waals surface area contributed by atoms with Gasteiger partial charge in [0.05, 0.1) is 0 Å². The summed E-state index contributed by atoms with van der Waals surface area (Å²) in [7, 11) is 1.73. The minimum atomic E-state index is -1.02. The van der Waals surface area contributed by atoms with E-state index in [9.17, 15) is 9.59 Å². The highest BCUT2D eigenvalue weighted by Crippen LogP contribution is 2.16. The summed E-state index contributed by atoms with van der Waals surface area (Å²) in [4.78, 5) is 22.6. The number of carbonyl (C=O) groups is 2. The van der Waals surface area contributed by atoms with E-state index in [4.69, 9.17) is 5.11 Å². The predicted octanol–water partition coefficient (Wildman–Crippen LogP) is 2.08. The van der Waals surface area contributed by atoms with Gasteiger partial charge < -0.3 is 10.4 Å². The molecule has 0 spiro atoms. The number of aliphatic carboxylic acids is 1. The zero-order valence-electron chi connectivity index (χ0n) is 11.7.